The fourth-order valence-electron chi connectivity index (χ4n) is 3.40. The minimum absolute atomic E-state index is 0.108. The average Bonchev–Trinajstić information content (AvgIpc) is 2.86. The van der Waals surface area contributed by atoms with E-state index in [0.29, 0.717) is 0 Å². The molecule has 0 bridgehead atoms. The van der Waals surface area contributed by atoms with E-state index >= 15 is 0 Å². The molecule has 28 heavy (non-hydrogen) atoms. The lowest BCUT2D eigenvalue weighted by Crippen LogP contribution is -2.47. The van der Waals surface area contributed by atoms with Crippen molar-refractivity contribution in [3.63, 3.8) is 0 Å². The van der Waals surface area contributed by atoms with Crippen molar-refractivity contribution < 1.29 is 23.2 Å². The highest BCUT2D eigenvalue weighted by molar-refractivity contribution is 5.99. The zero-order valence-electron chi connectivity index (χ0n) is 15.5. The number of nitrogens with one attached hydrogen (secondary N) is 2. The summed E-state index contributed by atoms with van der Waals surface area (Å²) in [6.07, 6.45) is -0.269. The molecule has 0 aliphatic heterocycles. The van der Waals surface area contributed by atoms with Gasteiger partial charge in [-0.2, -0.15) is 0 Å². The van der Waals surface area contributed by atoms with E-state index < -0.39 is 35.5 Å². The summed E-state index contributed by atoms with van der Waals surface area (Å²) in [5, 5.41) is 5.16. The summed E-state index contributed by atoms with van der Waals surface area (Å²) < 4.78 is 26.4. The molecule has 0 heterocycles. The first-order valence-corrected chi connectivity index (χ1v) is 8.93. The van der Waals surface area contributed by atoms with Crippen LogP contribution in [0.5, 0.6) is 0 Å². The average molecular weight is 386 g/mol. The van der Waals surface area contributed by atoms with E-state index in [9.17, 15) is 23.2 Å². The summed E-state index contributed by atoms with van der Waals surface area (Å²) in [6, 6.07) is 8.45. The van der Waals surface area contributed by atoms with Gasteiger partial charge in [0.25, 0.3) is 0 Å². The second-order valence-electron chi connectivity index (χ2n) is 6.94. The van der Waals surface area contributed by atoms with Gasteiger partial charge >= 0.3 is 0 Å². The molecule has 3 unspecified atom stereocenters. The molecule has 2 aromatic rings. The lowest BCUT2D eigenvalue weighted by atomic mass is 10.0. The van der Waals surface area contributed by atoms with Crippen molar-refractivity contribution in [3.8, 4) is 0 Å². The fraction of sp³-hybridized carbons (Fsp3) is 0.286. The molecule has 7 heteroatoms. The van der Waals surface area contributed by atoms with E-state index in [1.54, 1.807) is 19.1 Å². The second-order valence-corrected chi connectivity index (χ2v) is 6.94. The summed E-state index contributed by atoms with van der Waals surface area (Å²) in [6.45, 7) is 3.27. The molecule has 0 fully saturated rings. The number of amides is 2. The van der Waals surface area contributed by atoms with Crippen LogP contribution >= 0.6 is 0 Å². The Hall–Kier alpha value is -3.09. The van der Waals surface area contributed by atoms with Gasteiger partial charge in [0.05, 0.1) is 6.42 Å². The van der Waals surface area contributed by atoms with Gasteiger partial charge in [-0.25, -0.2) is 8.78 Å². The van der Waals surface area contributed by atoms with Crippen LogP contribution in [0.4, 0.5) is 8.78 Å². The highest BCUT2D eigenvalue weighted by Crippen LogP contribution is 2.36. The molecule has 0 spiro atoms. The Morgan fingerprint density at radius 3 is 2.32 bits per heavy atom. The Bertz CT molecular complexity index is 925. The zero-order chi connectivity index (χ0) is 20.4. The number of halogens is 2. The van der Waals surface area contributed by atoms with E-state index in [0.717, 1.165) is 29.3 Å². The lowest BCUT2D eigenvalue weighted by Gasteiger charge is -2.18. The normalized spacial score (nSPS) is 19.1. The molecule has 2 aromatic carbocycles. The van der Waals surface area contributed by atoms with Crippen LogP contribution in [-0.4, -0.2) is 23.6 Å². The molecule has 146 valence electrons. The molecule has 1 aliphatic rings. The number of fused-ring (bicyclic) bond motifs is 1. The fourth-order valence-corrected chi connectivity index (χ4v) is 3.40. The molecule has 2 N–H and O–H groups in total. The van der Waals surface area contributed by atoms with Gasteiger partial charge in [-0.1, -0.05) is 31.2 Å². The van der Waals surface area contributed by atoms with Crippen molar-refractivity contribution in [1.29, 1.82) is 0 Å². The standard InChI is InChI=1S/C21H20F2N2O3/c1-11-16-5-3-4-6-17(16)19(20(11)27)25-21(28)12(2)24-18(26)9-13-7-14(22)10-15(23)8-13/h3-8,10-12,19H,9H2,1-2H3,(H,24,26)(H,25,28). The molecular weight excluding hydrogens is 366 g/mol. The zero-order valence-corrected chi connectivity index (χ0v) is 15.5. The maximum Gasteiger partial charge on any atom is 0.243 e. The summed E-state index contributed by atoms with van der Waals surface area (Å²) in [4.78, 5) is 37.0. The third kappa shape index (κ3) is 4.08. The van der Waals surface area contributed by atoms with Crippen molar-refractivity contribution in [2.45, 2.75) is 38.3 Å². The summed E-state index contributed by atoms with van der Waals surface area (Å²) >= 11 is 0. The van der Waals surface area contributed by atoms with E-state index in [1.165, 1.54) is 6.92 Å². The molecule has 5 nitrogen and oxygen atoms in total. The molecule has 0 saturated heterocycles. The minimum atomic E-state index is -0.915. The quantitative estimate of drug-likeness (QED) is 0.829. The van der Waals surface area contributed by atoms with Crippen LogP contribution in [0.1, 0.15) is 42.5 Å². The first-order chi connectivity index (χ1) is 13.3. The molecule has 0 aromatic heterocycles. The van der Waals surface area contributed by atoms with Gasteiger partial charge in [-0.3, -0.25) is 14.4 Å². The molecule has 2 amide bonds. The predicted octanol–water partition coefficient (Wildman–Crippen LogP) is 2.56. The van der Waals surface area contributed by atoms with Gasteiger partial charge in [0.2, 0.25) is 11.8 Å². The number of carbonyl (C=O) groups excluding carboxylic acids is 3. The van der Waals surface area contributed by atoms with Crippen molar-refractivity contribution in [2.24, 2.45) is 0 Å². The van der Waals surface area contributed by atoms with Crippen molar-refractivity contribution >= 4 is 17.6 Å². The van der Waals surface area contributed by atoms with Crippen LogP contribution in [0, 0.1) is 11.6 Å². The number of rotatable bonds is 5. The van der Waals surface area contributed by atoms with Crippen LogP contribution in [0.15, 0.2) is 42.5 Å². The predicted molar refractivity (Wildman–Crippen MR) is 98.4 cm³/mol. The maximum absolute atomic E-state index is 13.2. The van der Waals surface area contributed by atoms with Crippen molar-refractivity contribution in [3.05, 3.63) is 70.8 Å². The molecule has 3 atom stereocenters. The smallest absolute Gasteiger partial charge is 0.243 e. The maximum atomic E-state index is 13.2. The summed E-state index contributed by atoms with van der Waals surface area (Å²) in [5.74, 6) is -3.04. The van der Waals surface area contributed by atoms with E-state index in [-0.39, 0.29) is 23.7 Å². The number of hydrogen-bond acceptors (Lipinski definition) is 3. The number of carbonyl (C=O) groups is 3. The molecular formula is C21H20F2N2O3. The van der Waals surface area contributed by atoms with Gasteiger partial charge < -0.3 is 10.6 Å². The topological polar surface area (TPSA) is 75.3 Å². The van der Waals surface area contributed by atoms with Crippen LogP contribution in [0.25, 0.3) is 0 Å². The van der Waals surface area contributed by atoms with Gasteiger partial charge in [0, 0.05) is 12.0 Å². The number of hydrogen-bond donors (Lipinski definition) is 2. The Morgan fingerprint density at radius 1 is 1.07 bits per heavy atom. The Kier molecular flexibility index (Phi) is 5.53. The molecule has 3 rings (SSSR count). The highest BCUT2D eigenvalue weighted by Gasteiger charge is 2.37. The minimum Gasteiger partial charge on any atom is -0.344 e. The molecule has 0 radical (unpaired) electrons. The highest BCUT2D eigenvalue weighted by atomic mass is 19.1. The summed E-state index contributed by atoms with van der Waals surface area (Å²) in [5.41, 5.74) is 1.79. The molecule has 0 saturated carbocycles. The van der Waals surface area contributed by atoms with Crippen LogP contribution < -0.4 is 10.6 Å². The lowest BCUT2D eigenvalue weighted by molar-refractivity contribution is -0.131. The monoisotopic (exact) mass is 386 g/mol. The largest absolute Gasteiger partial charge is 0.344 e. The molecule has 1 aliphatic carbocycles. The van der Waals surface area contributed by atoms with Crippen LogP contribution in [0.2, 0.25) is 0 Å². The van der Waals surface area contributed by atoms with Gasteiger partial charge in [-0.15, -0.1) is 0 Å². The Balaban J connectivity index is 1.62. The van der Waals surface area contributed by atoms with Gasteiger partial charge in [0.1, 0.15) is 23.7 Å². The Morgan fingerprint density at radius 2 is 1.68 bits per heavy atom. The SMILES string of the molecule is CC(NC(=O)Cc1cc(F)cc(F)c1)C(=O)NC1C(=O)C(C)c2ccccc21. The number of ketones is 1. The van der Waals surface area contributed by atoms with Gasteiger partial charge in [0.15, 0.2) is 5.78 Å². The number of Topliss-reactive ketones (excluding diaryl/α,β-unsaturated/α-hetero) is 1. The summed E-state index contributed by atoms with van der Waals surface area (Å²) in [7, 11) is 0. The third-order valence-corrected chi connectivity index (χ3v) is 4.83. The Labute approximate surface area is 161 Å². The first-order valence-electron chi connectivity index (χ1n) is 8.93. The van der Waals surface area contributed by atoms with Crippen molar-refractivity contribution in [1.82, 2.24) is 10.6 Å². The van der Waals surface area contributed by atoms with E-state index in [2.05, 4.69) is 10.6 Å². The van der Waals surface area contributed by atoms with E-state index in [1.807, 2.05) is 12.1 Å². The van der Waals surface area contributed by atoms with Crippen LogP contribution in [-0.2, 0) is 20.8 Å². The number of benzene rings is 2. The van der Waals surface area contributed by atoms with Crippen LogP contribution in [0.3, 0.4) is 0 Å². The van der Waals surface area contributed by atoms with Crippen molar-refractivity contribution in [2.75, 3.05) is 0 Å². The van der Waals surface area contributed by atoms with E-state index in [4.69, 9.17) is 0 Å². The van der Waals surface area contributed by atoms with Gasteiger partial charge in [-0.05, 0) is 35.7 Å². The first kappa shape index (κ1) is 19.7. The third-order valence-electron chi connectivity index (χ3n) is 4.83. The second kappa shape index (κ2) is 7.88.